The van der Waals surface area contributed by atoms with Crippen LogP contribution < -0.4 is 4.74 Å². The summed E-state index contributed by atoms with van der Waals surface area (Å²) in [6, 6.07) is 17.5. The lowest BCUT2D eigenvalue weighted by Gasteiger charge is -2.39. The largest absolute Gasteiger partial charge is 0.494 e. The molecule has 5 nitrogen and oxygen atoms in total. The third-order valence-electron chi connectivity index (χ3n) is 5.54. The normalized spacial score (nSPS) is 14.6. The molecule has 1 aliphatic rings. The summed E-state index contributed by atoms with van der Waals surface area (Å²) < 4.78 is 5.44. The van der Waals surface area contributed by atoms with Crippen molar-refractivity contribution in [2.24, 2.45) is 0 Å². The van der Waals surface area contributed by atoms with Crippen molar-refractivity contribution in [3.05, 3.63) is 65.7 Å². The number of amides is 2. The van der Waals surface area contributed by atoms with Crippen molar-refractivity contribution in [3.63, 3.8) is 0 Å². The van der Waals surface area contributed by atoms with Crippen LogP contribution in [-0.4, -0.2) is 54.4 Å². The van der Waals surface area contributed by atoms with Crippen LogP contribution in [0.25, 0.3) is 0 Å². The minimum Gasteiger partial charge on any atom is -0.494 e. The van der Waals surface area contributed by atoms with Gasteiger partial charge in [-0.15, -0.1) is 0 Å². The molecule has 0 bridgehead atoms. The number of carbonyl (C=O) groups is 2. The fourth-order valence-corrected chi connectivity index (χ4v) is 3.69. The first kappa shape index (κ1) is 20.9. The molecule has 3 rings (SSSR count). The van der Waals surface area contributed by atoms with Crippen LogP contribution in [0.2, 0.25) is 0 Å². The lowest BCUT2D eigenvalue weighted by molar-refractivity contribution is -0.142. The van der Waals surface area contributed by atoms with Crippen LogP contribution in [0.4, 0.5) is 0 Å². The maximum Gasteiger partial charge on any atom is 0.232 e. The molecule has 2 amide bonds. The van der Waals surface area contributed by atoms with Gasteiger partial charge in [-0.3, -0.25) is 9.59 Å². The van der Waals surface area contributed by atoms with Gasteiger partial charge >= 0.3 is 0 Å². The van der Waals surface area contributed by atoms with E-state index in [1.54, 1.807) is 0 Å². The Balaban J connectivity index is 1.54. The van der Waals surface area contributed by atoms with E-state index in [0.717, 1.165) is 16.9 Å². The summed E-state index contributed by atoms with van der Waals surface area (Å²) >= 11 is 0. The number of ether oxygens (including phenoxy) is 1. The molecule has 2 aromatic carbocycles. The van der Waals surface area contributed by atoms with Crippen molar-refractivity contribution < 1.29 is 14.3 Å². The summed E-state index contributed by atoms with van der Waals surface area (Å²) in [5.74, 6) is 1.03. The monoisotopic (exact) mass is 394 g/mol. The van der Waals surface area contributed by atoms with E-state index in [1.807, 2.05) is 85.2 Å². The summed E-state index contributed by atoms with van der Waals surface area (Å²) in [6.45, 7) is 8.81. The Labute approximate surface area is 173 Å². The van der Waals surface area contributed by atoms with Crippen molar-refractivity contribution in [2.45, 2.75) is 32.6 Å². The molecular weight excluding hydrogens is 364 g/mol. The van der Waals surface area contributed by atoms with E-state index >= 15 is 0 Å². The van der Waals surface area contributed by atoms with Gasteiger partial charge in [-0.1, -0.05) is 42.5 Å². The summed E-state index contributed by atoms with van der Waals surface area (Å²) in [7, 11) is 0. The van der Waals surface area contributed by atoms with Crippen LogP contribution in [0, 0.1) is 0 Å². The molecule has 1 saturated heterocycles. The molecule has 0 saturated carbocycles. The van der Waals surface area contributed by atoms with Crippen LogP contribution in [0.15, 0.2) is 54.6 Å². The van der Waals surface area contributed by atoms with Crippen LogP contribution >= 0.6 is 0 Å². The van der Waals surface area contributed by atoms with Gasteiger partial charge in [0.05, 0.1) is 18.4 Å². The molecule has 2 aromatic rings. The summed E-state index contributed by atoms with van der Waals surface area (Å²) in [6.07, 6.45) is 0.371. The highest BCUT2D eigenvalue weighted by molar-refractivity contribution is 5.87. The van der Waals surface area contributed by atoms with Crippen LogP contribution in [-0.2, 0) is 21.4 Å². The SMILES string of the molecule is CCOc1ccc(CC(=O)N2CCN(C(=O)C(C)(C)c3ccccc3)CC2)cc1. The molecule has 1 aliphatic heterocycles. The molecule has 0 N–H and O–H groups in total. The Hall–Kier alpha value is -2.82. The Kier molecular flexibility index (Phi) is 6.57. The van der Waals surface area contributed by atoms with E-state index < -0.39 is 5.41 Å². The lowest BCUT2D eigenvalue weighted by Crippen LogP contribution is -2.54. The summed E-state index contributed by atoms with van der Waals surface area (Å²) in [5.41, 5.74) is 1.41. The quantitative estimate of drug-likeness (QED) is 0.756. The second kappa shape index (κ2) is 9.12. The predicted molar refractivity (Wildman–Crippen MR) is 114 cm³/mol. The summed E-state index contributed by atoms with van der Waals surface area (Å²) in [5, 5.41) is 0. The second-order valence-corrected chi connectivity index (χ2v) is 7.92. The summed E-state index contributed by atoms with van der Waals surface area (Å²) in [4.78, 5) is 29.5. The van der Waals surface area contributed by atoms with E-state index in [0.29, 0.717) is 39.2 Å². The molecule has 0 atom stereocenters. The van der Waals surface area contributed by atoms with Crippen molar-refractivity contribution in [2.75, 3.05) is 32.8 Å². The molecule has 0 spiro atoms. The number of rotatable bonds is 6. The molecule has 0 unspecified atom stereocenters. The van der Waals surface area contributed by atoms with Gasteiger partial charge in [-0.25, -0.2) is 0 Å². The lowest BCUT2D eigenvalue weighted by atomic mass is 9.83. The number of benzene rings is 2. The third-order valence-corrected chi connectivity index (χ3v) is 5.54. The highest BCUT2D eigenvalue weighted by Gasteiger charge is 2.35. The van der Waals surface area contributed by atoms with E-state index in [1.165, 1.54) is 0 Å². The van der Waals surface area contributed by atoms with Gasteiger partial charge in [0, 0.05) is 26.2 Å². The molecule has 0 aliphatic carbocycles. The highest BCUT2D eigenvalue weighted by atomic mass is 16.5. The molecule has 0 radical (unpaired) electrons. The Bertz CT molecular complexity index is 823. The first-order chi connectivity index (χ1) is 13.9. The van der Waals surface area contributed by atoms with Gasteiger partial charge in [0.25, 0.3) is 0 Å². The molecule has 0 aromatic heterocycles. The van der Waals surface area contributed by atoms with Crippen molar-refractivity contribution in [1.29, 1.82) is 0 Å². The Morgan fingerprint density at radius 2 is 1.48 bits per heavy atom. The topological polar surface area (TPSA) is 49.9 Å². The minimum absolute atomic E-state index is 0.101. The van der Waals surface area contributed by atoms with E-state index in [2.05, 4.69) is 0 Å². The van der Waals surface area contributed by atoms with Gasteiger partial charge in [0.15, 0.2) is 0 Å². The number of hydrogen-bond donors (Lipinski definition) is 0. The van der Waals surface area contributed by atoms with E-state index in [9.17, 15) is 9.59 Å². The van der Waals surface area contributed by atoms with Crippen LogP contribution in [0.1, 0.15) is 31.9 Å². The maximum atomic E-state index is 13.1. The van der Waals surface area contributed by atoms with Gasteiger partial charge in [0.1, 0.15) is 5.75 Å². The van der Waals surface area contributed by atoms with Crippen LogP contribution in [0.3, 0.4) is 0 Å². The molecule has 1 fully saturated rings. The minimum atomic E-state index is -0.574. The number of piperazine rings is 1. The number of hydrogen-bond acceptors (Lipinski definition) is 3. The maximum absolute atomic E-state index is 13.1. The third kappa shape index (κ3) is 4.97. The molecule has 154 valence electrons. The van der Waals surface area contributed by atoms with Crippen molar-refractivity contribution >= 4 is 11.8 Å². The second-order valence-electron chi connectivity index (χ2n) is 7.92. The number of carbonyl (C=O) groups excluding carboxylic acids is 2. The van der Waals surface area contributed by atoms with Gasteiger partial charge in [0.2, 0.25) is 11.8 Å². The van der Waals surface area contributed by atoms with E-state index in [4.69, 9.17) is 4.74 Å². The standard InChI is InChI=1S/C24H30N2O3/c1-4-29-21-12-10-19(11-13-21)18-22(27)25-14-16-26(17-15-25)23(28)24(2,3)20-8-6-5-7-9-20/h5-13H,4,14-18H2,1-3H3. The first-order valence-corrected chi connectivity index (χ1v) is 10.3. The Morgan fingerprint density at radius 1 is 0.897 bits per heavy atom. The fourth-order valence-electron chi connectivity index (χ4n) is 3.69. The number of nitrogens with zero attached hydrogens (tertiary/aromatic N) is 2. The molecule has 1 heterocycles. The van der Waals surface area contributed by atoms with Crippen molar-refractivity contribution in [1.82, 2.24) is 9.80 Å². The zero-order valence-corrected chi connectivity index (χ0v) is 17.6. The van der Waals surface area contributed by atoms with Gasteiger partial charge in [-0.2, -0.15) is 0 Å². The molecule has 29 heavy (non-hydrogen) atoms. The van der Waals surface area contributed by atoms with Crippen molar-refractivity contribution in [3.8, 4) is 5.75 Å². The zero-order chi connectivity index (χ0) is 20.9. The van der Waals surface area contributed by atoms with E-state index in [-0.39, 0.29) is 11.8 Å². The zero-order valence-electron chi connectivity index (χ0n) is 17.6. The molecule has 5 heteroatoms. The molecular formula is C24H30N2O3. The van der Waals surface area contributed by atoms with Gasteiger partial charge in [-0.05, 0) is 44.0 Å². The predicted octanol–water partition coefficient (Wildman–Crippen LogP) is 3.28. The van der Waals surface area contributed by atoms with Crippen LogP contribution in [0.5, 0.6) is 5.75 Å². The first-order valence-electron chi connectivity index (χ1n) is 10.3. The smallest absolute Gasteiger partial charge is 0.232 e. The highest BCUT2D eigenvalue weighted by Crippen LogP contribution is 2.26. The average molecular weight is 395 g/mol. The average Bonchev–Trinajstić information content (AvgIpc) is 2.75. The Morgan fingerprint density at radius 3 is 2.07 bits per heavy atom. The fraction of sp³-hybridized carbons (Fsp3) is 0.417. The van der Waals surface area contributed by atoms with Gasteiger partial charge < -0.3 is 14.5 Å².